The number of aromatic nitrogens is 2. The van der Waals surface area contributed by atoms with Crippen molar-refractivity contribution < 1.29 is 19.3 Å². The van der Waals surface area contributed by atoms with Crippen molar-refractivity contribution in [3.8, 4) is 5.75 Å². The molecule has 0 saturated carbocycles. The average Bonchev–Trinajstić information content (AvgIpc) is 2.98. The molecule has 2 heterocycles. The lowest BCUT2D eigenvalue weighted by molar-refractivity contribution is -0.120. The summed E-state index contributed by atoms with van der Waals surface area (Å²) in [6.45, 7) is 3.04. The van der Waals surface area contributed by atoms with Gasteiger partial charge in [0, 0.05) is 11.6 Å². The van der Waals surface area contributed by atoms with Crippen LogP contribution in [0.15, 0.2) is 28.9 Å². The summed E-state index contributed by atoms with van der Waals surface area (Å²) >= 11 is 5.94. The molecule has 26 heavy (non-hydrogen) atoms. The minimum absolute atomic E-state index is 0.137. The molecule has 0 radical (unpaired) electrons. The third kappa shape index (κ3) is 4.94. The van der Waals surface area contributed by atoms with Gasteiger partial charge in [-0.25, -0.2) is 4.63 Å². The van der Waals surface area contributed by atoms with Crippen molar-refractivity contribution in [2.75, 3.05) is 31.6 Å². The first-order valence-corrected chi connectivity index (χ1v) is 8.73. The van der Waals surface area contributed by atoms with Crippen molar-refractivity contribution in [3.63, 3.8) is 0 Å². The number of β-amino-alcohol motifs (C(OH)–C–C–N with tert-alkyl or cyclic N) is 1. The molecule has 0 bridgehead atoms. The zero-order chi connectivity index (χ0) is 18.6. The summed E-state index contributed by atoms with van der Waals surface area (Å²) in [6, 6.07) is 7.04. The van der Waals surface area contributed by atoms with Crippen LogP contribution in [-0.2, 0) is 4.79 Å². The summed E-state index contributed by atoms with van der Waals surface area (Å²) in [6.07, 6.45) is 1.38. The summed E-state index contributed by atoms with van der Waals surface area (Å²) < 4.78 is 10.2. The van der Waals surface area contributed by atoms with Crippen LogP contribution in [0, 0.1) is 6.92 Å². The van der Waals surface area contributed by atoms with E-state index in [0.29, 0.717) is 35.2 Å². The molecule has 1 aromatic heterocycles. The first-order valence-electron chi connectivity index (χ1n) is 8.36. The number of nitrogens with zero attached hydrogens (tertiary/aromatic N) is 3. The van der Waals surface area contributed by atoms with Crippen molar-refractivity contribution in [3.05, 3.63) is 35.0 Å². The van der Waals surface area contributed by atoms with Gasteiger partial charge in [-0.05, 0) is 49.7 Å². The Bertz CT molecular complexity index is 769. The van der Waals surface area contributed by atoms with E-state index in [1.807, 2.05) is 4.90 Å². The molecule has 2 N–H and O–H groups in total. The molecule has 3 rings (SSSR count). The standard InChI is InChI=1S/C17H21ClN4O4/c1-12-16(21-26-20-12)19-15(23)9-22-7-3-6-17(24,10-22)11-25-14-5-2-4-13(18)8-14/h2,4-5,8,24H,3,6-7,9-11H2,1H3,(H,19,21,23). The minimum atomic E-state index is -1.02. The van der Waals surface area contributed by atoms with Crippen LogP contribution in [0.3, 0.4) is 0 Å². The number of amides is 1. The van der Waals surface area contributed by atoms with Gasteiger partial charge in [-0.1, -0.05) is 22.8 Å². The summed E-state index contributed by atoms with van der Waals surface area (Å²) in [4.78, 5) is 14.1. The van der Waals surface area contributed by atoms with E-state index in [2.05, 4.69) is 20.3 Å². The van der Waals surface area contributed by atoms with Crippen LogP contribution < -0.4 is 10.1 Å². The van der Waals surface area contributed by atoms with Gasteiger partial charge in [0.2, 0.25) is 5.91 Å². The van der Waals surface area contributed by atoms with Crippen molar-refractivity contribution in [1.82, 2.24) is 15.2 Å². The SMILES string of the molecule is Cc1nonc1NC(=O)CN1CCCC(O)(COc2cccc(Cl)c2)C1. The number of aryl methyl sites for hydroxylation is 1. The van der Waals surface area contributed by atoms with Crippen LogP contribution in [0.2, 0.25) is 5.02 Å². The van der Waals surface area contributed by atoms with Crippen LogP contribution in [0.4, 0.5) is 5.82 Å². The molecule has 1 aliphatic rings. The van der Waals surface area contributed by atoms with Crippen LogP contribution in [0.5, 0.6) is 5.75 Å². The lowest BCUT2D eigenvalue weighted by atomic mass is 9.93. The summed E-state index contributed by atoms with van der Waals surface area (Å²) in [5, 5.41) is 21.3. The monoisotopic (exact) mass is 380 g/mol. The fraction of sp³-hybridized carbons (Fsp3) is 0.471. The Morgan fingerprint density at radius 2 is 2.35 bits per heavy atom. The van der Waals surface area contributed by atoms with E-state index in [1.54, 1.807) is 31.2 Å². The number of aliphatic hydroxyl groups is 1. The highest BCUT2D eigenvalue weighted by Gasteiger charge is 2.35. The van der Waals surface area contributed by atoms with E-state index in [4.69, 9.17) is 16.3 Å². The molecule has 140 valence electrons. The maximum atomic E-state index is 12.2. The number of hydrogen-bond acceptors (Lipinski definition) is 7. The summed E-state index contributed by atoms with van der Waals surface area (Å²) in [5.41, 5.74) is -0.505. The Hall–Kier alpha value is -2.16. The highest BCUT2D eigenvalue weighted by Crippen LogP contribution is 2.24. The Morgan fingerprint density at radius 1 is 1.50 bits per heavy atom. The minimum Gasteiger partial charge on any atom is -0.490 e. The smallest absolute Gasteiger partial charge is 0.239 e. The van der Waals surface area contributed by atoms with E-state index < -0.39 is 5.60 Å². The zero-order valence-electron chi connectivity index (χ0n) is 14.4. The maximum absolute atomic E-state index is 12.2. The van der Waals surface area contributed by atoms with Gasteiger partial charge >= 0.3 is 0 Å². The molecule has 1 fully saturated rings. The summed E-state index contributed by atoms with van der Waals surface area (Å²) in [7, 11) is 0. The molecule has 1 unspecified atom stereocenters. The molecule has 1 saturated heterocycles. The number of ether oxygens (including phenoxy) is 1. The van der Waals surface area contributed by atoms with E-state index in [1.165, 1.54) is 0 Å². The van der Waals surface area contributed by atoms with E-state index in [-0.39, 0.29) is 19.1 Å². The predicted octanol–water partition coefficient (Wildman–Crippen LogP) is 1.88. The average molecular weight is 381 g/mol. The lowest BCUT2D eigenvalue weighted by Crippen LogP contribution is -2.53. The number of carbonyl (C=O) groups excluding carboxylic acids is 1. The first kappa shape index (κ1) is 18.6. The third-order valence-corrected chi connectivity index (χ3v) is 4.45. The number of hydrogen-bond donors (Lipinski definition) is 2. The number of nitrogens with one attached hydrogen (secondary N) is 1. The quantitative estimate of drug-likeness (QED) is 0.788. The number of halogens is 1. The van der Waals surface area contributed by atoms with E-state index in [0.717, 1.165) is 13.0 Å². The number of carbonyl (C=O) groups is 1. The van der Waals surface area contributed by atoms with Gasteiger partial charge in [-0.2, -0.15) is 0 Å². The summed E-state index contributed by atoms with van der Waals surface area (Å²) in [5.74, 6) is 0.685. The maximum Gasteiger partial charge on any atom is 0.239 e. The second kappa shape index (κ2) is 8.03. The normalized spacial score (nSPS) is 20.7. The number of rotatable bonds is 6. The fourth-order valence-electron chi connectivity index (χ4n) is 2.95. The largest absolute Gasteiger partial charge is 0.490 e. The molecular formula is C17H21ClN4O4. The van der Waals surface area contributed by atoms with Gasteiger partial charge in [0.25, 0.3) is 0 Å². The van der Waals surface area contributed by atoms with Crippen molar-refractivity contribution in [1.29, 1.82) is 0 Å². The second-order valence-corrected chi connectivity index (χ2v) is 6.97. The number of anilines is 1. The molecule has 1 aromatic carbocycles. The molecule has 0 spiro atoms. The van der Waals surface area contributed by atoms with Crippen molar-refractivity contribution in [2.24, 2.45) is 0 Å². The topological polar surface area (TPSA) is 101 Å². The van der Waals surface area contributed by atoms with Gasteiger partial charge in [0.05, 0.1) is 6.54 Å². The van der Waals surface area contributed by atoms with Crippen molar-refractivity contribution >= 4 is 23.3 Å². The highest BCUT2D eigenvalue weighted by molar-refractivity contribution is 6.30. The molecule has 1 amide bonds. The molecule has 0 aliphatic carbocycles. The van der Waals surface area contributed by atoms with Gasteiger partial charge < -0.3 is 15.2 Å². The molecule has 2 aromatic rings. The highest BCUT2D eigenvalue weighted by atomic mass is 35.5. The Labute approximate surface area is 156 Å². The van der Waals surface area contributed by atoms with Gasteiger partial charge in [0.15, 0.2) is 5.82 Å². The molecular weight excluding hydrogens is 360 g/mol. The van der Waals surface area contributed by atoms with E-state index >= 15 is 0 Å². The van der Waals surface area contributed by atoms with E-state index in [9.17, 15) is 9.90 Å². The van der Waals surface area contributed by atoms with Crippen LogP contribution in [-0.4, -0.2) is 58.1 Å². The predicted molar refractivity (Wildman–Crippen MR) is 95.2 cm³/mol. The lowest BCUT2D eigenvalue weighted by Gasteiger charge is -2.38. The Balaban J connectivity index is 1.52. The third-order valence-electron chi connectivity index (χ3n) is 4.22. The number of benzene rings is 1. The van der Waals surface area contributed by atoms with Gasteiger partial charge in [-0.15, -0.1) is 0 Å². The Kier molecular flexibility index (Phi) is 5.75. The van der Waals surface area contributed by atoms with Gasteiger partial charge in [0.1, 0.15) is 23.7 Å². The first-order chi connectivity index (χ1) is 12.4. The Morgan fingerprint density at radius 3 is 3.08 bits per heavy atom. The molecule has 8 nitrogen and oxygen atoms in total. The van der Waals surface area contributed by atoms with Crippen LogP contribution >= 0.6 is 11.6 Å². The molecule has 9 heteroatoms. The van der Waals surface area contributed by atoms with Crippen molar-refractivity contribution in [2.45, 2.75) is 25.4 Å². The second-order valence-electron chi connectivity index (χ2n) is 6.53. The van der Waals surface area contributed by atoms with Crippen LogP contribution in [0.25, 0.3) is 0 Å². The number of piperidine rings is 1. The van der Waals surface area contributed by atoms with Crippen LogP contribution in [0.1, 0.15) is 18.5 Å². The fourth-order valence-corrected chi connectivity index (χ4v) is 3.13. The van der Waals surface area contributed by atoms with Gasteiger partial charge in [-0.3, -0.25) is 9.69 Å². The molecule has 1 aliphatic heterocycles. The zero-order valence-corrected chi connectivity index (χ0v) is 15.2. The number of likely N-dealkylation sites (tertiary alicyclic amines) is 1. The molecule has 1 atom stereocenters.